The summed E-state index contributed by atoms with van der Waals surface area (Å²) in [5.74, 6) is -0.335. The number of aliphatic carboxylic acids is 1. The Kier molecular flexibility index (Phi) is 12.0. The molecule has 0 heterocycles. The molecule has 0 spiro atoms. The Labute approximate surface area is 131 Å². The standard InChI is InChI=1S/C9H10O3.C6H15NO3/c1-7-4-2-3-5-8(7)12-6-9(10)11;1-4-8-7(9-5-2)10-6-3/h2-5H,6H2,1H3,(H,10,11);4-6H2,1-3H3. The number of rotatable bonds is 9. The first kappa shape index (κ1) is 20.3. The highest BCUT2D eigenvalue weighted by Gasteiger charge is 2.01. The fraction of sp³-hybridized carbons (Fsp3) is 0.533. The van der Waals surface area contributed by atoms with Crippen LogP contribution < -0.4 is 4.74 Å². The van der Waals surface area contributed by atoms with Gasteiger partial charge in [0.15, 0.2) is 6.61 Å². The Hall–Kier alpha value is -1.67. The van der Waals surface area contributed by atoms with E-state index in [0.29, 0.717) is 25.6 Å². The maximum absolute atomic E-state index is 10.2. The molecule has 7 heteroatoms. The first-order chi connectivity index (χ1) is 10.5. The smallest absolute Gasteiger partial charge is 0.341 e. The van der Waals surface area contributed by atoms with E-state index >= 15 is 0 Å². The minimum Gasteiger partial charge on any atom is -0.482 e. The molecule has 0 aliphatic heterocycles. The second kappa shape index (κ2) is 13.0. The molecule has 0 radical (unpaired) electrons. The summed E-state index contributed by atoms with van der Waals surface area (Å²) in [6.45, 7) is 8.81. The first-order valence-corrected chi connectivity index (χ1v) is 7.14. The van der Waals surface area contributed by atoms with Crippen molar-refractivity contribution in [2.45, 2.75) is 27.7 Å². The molecule has 0 bridgehead atoms. The number of hydrogen-bond acceptors (Lipinski definition) is 6. The van der Waals surface area contributed by atoms with Crippen molar-refractivity contribution >= 4 is 5.97 Å². The van der Waals surface area contributed by atoms with Crippen LogP contribution in [0.4, 0.5) is 0 Å². The molecular formula is C15H25NO6. The summed E-state index contributed by atoms with van der Waals surface area (Å²) in [4.78, 5) is 24.9. The summed E-state index contributed by atoms with van der Waals surface area (Å²) < 4.78 is 5.00. The predicted octanol–water partition coefficient (Wildman–Crippen LogP) is 2.60. The predicted molar refractivity (Wildman–Crippen MR) is 81.0 cm³/mol. The molecule has 0 saturated heterocycles. The third-order valence-corrected chi connectivity index (χ3v) is 2.15. The molecule has 1 aromatic carbocycles. The van der Waals surface area contributed by atoms with Gasteiger partial charge in [-0.05, 0) is 39.3 Å². The van der Waals surface area contributed by atoms with Crippen LogP contribution in [-0.4, -0.2) is 42.9 Å². The van der Waals surface area contributed by atoms with E-state index in [4.69, 9.17) is 24.4 Å². The quantitative estimate of drug-likeness (QED) is 0.702. The Morgan fingerprint density at radius 3 is 1.95 bits per heavy atom. The van der Waals surface area contributed by atoms with E-state index in [0.717, 1.165) is 11.0 Å². The van der Waals surface area contributed by atoms with Crippen LogP contribution in [0.15, 0.2) is 24.3 Å². The van der Waals surface area contributed by atoms with Crippen molar-refractivity contribution in [3.05, 3.63) is 29.8 Å². The Balaban J connectivity index is 0.000000409. The van der Waals surface area contributed by atoms with E-state index in [1.54, 1.807) is 6.07 Å². The van der Waals surface area contributed by atoms with Crippen molar-refractivity contribution in [3.8, 4) is 5.75 Å². The number of benzene rings is 1. The van der Waals surface area contributed by atoms with Gasteiger partial charge in [-0.3, -0.25) is 14.5 Å². The summed E-state index contributed by atoms with van der Waals surface area (Å²) in [6, 6.07) is 7.31. The van der Waals surface area contributed by atoms with Gasteiger partial charge in [-0.1, -0.05) is 18.2 Å². The van der Waals surface area contributed by atoms with Crippen molar-refractivity contribution in [2.75, 3.05) is 26.4 Å². The number of nitrogens with zero attached hydrogens (tertiary/aromatic N) is 1. The minimum absolute atomic E-state index is 0.287. The number of ether oxygens (including phenoxy) is 1. The topological polar surface area (TPSA) is 77.5 Å². The monoisotopic (exact) mass is 315 g/mol. The molecule has 0 aromatic heterocycles. The molecule has 0 atom stereocenters. The highest BCUT2D eigenvalue weighted by Crippen LogP contribution is 2.15. The van der Waals surface area contributed by atoms with Crippen LogP contribution in [0.5, 0.6) is 5.75 Å². The lowest BCUT2D eigenvalue weighted by Gasteiger charge is -2.16. The average Bonchev–Trinajstić information content (AvgIpc) is 2.48. The Bertz CT molecular complexity index is 399. The SMILES string of the molecule is CCON(OCC)OCC.Cc1ccccc1OCC(=O)O. The van der Waals surface area contributed by atoms with E-state index < -0.39 is 5.97 Å². The fourth-order valence-corrected chi connectivity index (χ4v) is 1.29. The zero-order valence-corrected chi connectivity index (χ0v) is 13.6. The van der Waals surface area contributed by atoms with Gasteiger partial charge in [0.05, 0.1) is 25.2 Å². The zero-order valence-electron chi connectivity index (χ0n) is 13.6. The summed E-state index contributed by atoms with van der Waals surface area (Å²) in [6.07, 6.45) is 0. The van der Waals surface area contributed by atoms with Crippen molar-refractivity contribution in [1.82, 2.24) is 5.39 Å². The second-order valence-corrected chi connectivity index (χ2v) is 3.92. The third kappa shape index (κ3) is 10.1. The highest BCUT2D eigenvalue weighted by molar-refractivity contribution is 5.68. The summed E-state index contributed by atoms with van der Waals surface area (Å²) >= 11 is 0. The largest absolute Gasteiger partial charge is 0.482 e. The maximum atomic E-state index is 10.2. The van der Waals surface area contributed by atoms with Crippen LogP contribution in [0.3, 0.4) is 0 Å². The van der Waals surface area contributed by atoms with E-state index in [2.05, 4.69) is 0 Å². The van der Waals surface area contributed by atoms with Crippen LogP contribution in [-0.2, 0) is 19.3 Å². The van der Waals surface area contributed by atoms with Gasteiger partial charge in [-0.25, -0.2) is 4.79 Å². The molecule has 22 heavy (non-hydrogen) atoms. The van der Waals surface area contributed by atoms with Gasteiger partial charge in [0.1, 0.15) is 5.75 Å². The molecular weight excluding hydrogens is 290 g/mol. The summed E-state index contributed by atoms with van der Waals surface area (Å²) in [7, 11) is 0. The lowest BCUT2D eigenvalue weighted by Crippen LogP contribution is -2.24. The van der Waals surface area contributed by atoms with Crippen molar-refractivity contribution in [2.24, 2.45) is 0 Å². The molecule has 0 saturated carbocycles. The molecule has 7 nitrogen and oxygen atoms in total. The van der Waals surface area contributed by atoms with E-state index in [1.165, 1.54) is 0 Å². The normalized spacial score (nSPS) is 10.0. The highest BCUT2D eigenvalue weighted by atomic mass is 17.2. The number of para-hydroxylation sites is 1. The molecule has 0 fully saturated rings. The molecule has 0 unspecified atom stereocenters. The number of hydrogen-bond donors (Lipinski definition) is 1. The van der Waals surface area contributed by atoms with Gasteiger partial charge in [0, 0.05) is 0 Å². The number of carboxylic acids is 1. The molecule has 0 aliphatic carbocycles. The lowest BCUT2D eigenvalue weighted by molar-refractivity contribution is -0.523. The van der Waals surface area contributed by atoms with Gasteiger partial charge in [-0.15, -0.1) is 0 Å². The molecule has 1 N–H and O–H groups in total. The van der Waals surface area contributed by atoms with Crippen molar-refractivity contribution in [3.63, 3.8) is 0 Å². The Morgan fingerprint density at radius 2 is 1.55 bits per heavy atom. The number of carbonyl (C=O) groups is 1. The third-order valence-electron chi connectivity index (χ3n) is 2.15. The van der Waals surface area contributed by atoms with E-state index in [-0.39, 0.29) is 6.61 Å². The van der Waals surface area contributed by atoms with Crippen LogP contribution in [0, 0.1) is 6.92 Å². The van der Waals surface area contributed by atoms with Crippen LogP contribution >= 0.6 is 0 Å². The molecule has 1 rings (SSSR count). The summed E-state index contributed by atoms with van der Waals surface area (Å²) in [5, 5.41) is 9.38. The van der Waals surface area contributed by atoms with Gasteiger partial charge in [0.2, 0.25) is 0 Å². The van der Waals surface area contributed by atoms with E-state index in [9.17, 15) is 4.79 Å². The van der Waals surface area contributed by atoms with Crippen molar-refractivity contribution in [1.29, 1.82) is 0 Å². The lowest BCUT2D eigenvalue weighted by atomic mass is 10.2. The van der Waals surface area contributed by atoms with Crippen LogP contribution in [0.2, 0.25) is 0 Å². The number of aryl methyl sites for hydroxylation is 1. The van der Waals surface area contributed by atoms with Gasteiger partial charge >= 0.3 is 5.97 Å². The molecule has 126 valence electrons. The zero-order chi connectivity index (χ0) is 16.8. The first-order valence-electron chi connectivity index (χ1n) is 7.14. The molecule has 0 aliphatic rings. The number of carboxylic acid groups (broad SMARTS) is 1. The fourth-order valence-electron chi connectivity index (χ4n) is 1.29. The summed E-state index contributed by atoms with van der Waals surface area (Å²) in [5.41, 5.74) is 0.943. The second-order valence-electron chi connectivity index (χ2n) is 3.92. The minimum atomic E-state index is -0.960. The van der Waals surface area contributed by atoms with Crippen molar-refractivity contribution < 1.29 is 29.2 Å². The van der Waals surface area contributed by atoms with Crippen LogP contribution in [0.1, 0.15) is 26.3 Å². The van der Waals surface area contributed by atoms with Crippen LogP contribution in [0.25, 0.3) is 0 Å². The molecule has 0 amide bonds. The average molecular weight is 315 g/mol. The molecule has 1 aromatic rings. The van der Waals surface area contributed by atoms with Gasteiger partial charge < -0.3 is 9.84 Å². The van der Waals surface area contributed by atoms with Gasteiger partial charge in [-0.2, -0.15) is 0 Å². The van der Waals surface area contributed by atoms with Gasteiger partial charge in [0.25, 0.3) is 0 Å². The Morgan fingerprint density at radius 1 is 1.05 bits per heavy atom. The van der Waals surface area contributed by atoms with E-state index in [1.807, 2.05) is 45.9 Å². The maximum Gasteiger partial charge on any atom is 0.341 e.